The lowest BCUT2D eigenvalue weighted by molar-refractivity contribution is -0.150. The molecule has 19 heavy (non-hydrogen) atoms. The van der Waals surface area contributed by atoms with Crippen LogP contribution in [0.2, 0.25) is 5.02 Å². The average Bonchev–Trinajstić information content (AvgIpc) is 2.41. The number of benzene rings is 1. The first-order valence-corrected chi connectivity index (χ1v) is 6.15. The molecule has 0 aliphatic rings. The van der Waals surface area contributed by atoms with Crippen LogP contribution in [-0.4, -0.2) is 19.4 Å². The highest BCUT2D eigenvalue weighted by atomic mass is 35.5. The van der Waals surface area contributed by atoms with Crippen molar-refractivity contribution in [1.29, 1.82) is 0 Å². The second kappa shape index (κ2) is 7.89. The van der Waals surface area contributed by atoms with Gasteiger partial charge in [0.15, 0.2) is 0 Å². The molecule has 0 amide bonds. The number of rotatable bonds is 3. The highest BCUT2D eigenvalue weighted by Crippen LogP contribution is 2.20. The highest BCUT2D eigenvalue weighted by Gasteiger charge is 2.25. The predicted molar refractivity (Wildman–Crippen MR) is 72.9 cm³/mol. The van der Waals surface area contributed by atoms with E-state index >= 15 is 0 Å². The largest absolute Gasteiger partial charge is 0.469 e. The maximum absolute atomic E-state index is 12.4. The molecule has 0 fully saturated rings. The minimum absolute atomic E-state index is 0.0235. The number of hydrogen-bond acceptors (Lipinski definition) is 3. The van der Waals surface area contributed by atoms with E-state index < -0.39 is 5.82 Å². The fourth-order valence-corrected chi connectivity index (χ4v) is 1.20. The van der Waals surface area contributed by atoms with Gasteiger partial charge in [-0.05, 0) is 38.5 Å². The van der Waals surface area contributed by atoms with E-state index in [1.54, 1.807) is 0 Å². The van der Waals surface area contributed by atoms with Gasteiger partial charge in [0.25, 0.3) is 0 Å². The van der Waals surface area contributed by atoms with E-state index in [2.05, 4.69) is 4.74 Å². The zero-order chi connectivity index (χ0) is 15.1. The van der Waals surface area contributed by atoms with Gasteiger partial charge < -0.3 is 4.74 Å². The fraction of sp³-hybridized carbons (Fsp3) is 0.429. The predicted octanol–water partition coefficient (Wildman–Crippen LogP) is 3.89. The van der Waals surface area contributed by atoms with Gasteiger partial charge in [-0.2, -0.15) is 0 Å². The van der Waals surface area contributed by atoms with Gasteiger partial charge in [0.2, 0.25) is 0 Å². The van der Waals surface area contributed by atoms with Crippen LogP contribution in [0.4, 0.5) is 4.39 Å². The van der Waals surface area contributed by atoms with Crippen LogP contribution in [-0.2, 0) is 9.53 Å². The summed E-state index contributed by atoms with van der Waals surface area (Å²) in [6, 6.07) is 3.81. The summed E-state index contributed by atoms with van der Waals surface area (Å²) in [7, 11) is 1.42. The van der Waals surface area contributed by atoms with Gasteiger partial charge in [0.1, 0.15) is 12.1 Å². The van der Waals surface area contributed by atoms with E-state index in [1.165, 1.54) is 19.2 Å². The summed E-state index contributed by atoms with van der Waals surface area (Å²) in [4.78, 5) is 20.9. The molecule has 0 saturated carbocycles. The molecule has 0 bridgehead atoms. The third-order valence-corrected chi connectivity index (χ3v) is 2.99. The van der Waals surface area contributed by atoms with Crippen molar-refractivity contribution in [1.82, 2.24) is 0 Å². The maximum Gasteiger partial charge on any atom is 0.311 e. The smallest absolute Gasteiger partial charge is 0.311 e. The van der Waals surface area contributed by atoms with Crippen molar-refractivity contribution in [3.05, 3.63) is 34.6 Å². The minimum Gasteiger partial charge on any atom is -0.469 e. The lowest BCUT2D eigenvalue weighted by Gasteiger charge is -2.17. The van der Waals surface area contributed by atoms with Crippen molar-refractivity contribution >= 4 is 23.9 Å². The van der Waals surface area contributed by atoms with Crippen molar-refractivity contribution in [2.75, 3.05) is 7.11 Å². The Labute approximate surface area is 117 Å². The minimum atomic E-state index is -0.507. The van der Waals surface area contributed by atoms with Crippen LogP contribution in [0.3, 0.4) is 0 Å². The van der Waals surface area contributed by atoms with Crippen molar-refractivity contribution in [3.8, 4) is 0 Å². The van der Waals surface area contributed by atoms with Gasteiger partial charge in [-0.15, -0.1) is 0 Å². The van der Waals surface area contributed by atoms with Crippen LogP contribution in [0.15, 0.2) is 18.2 Å². The zero-order valence-electron chi connectivity index (χ0n) is 11.5. The highest BCUT2D eigenvalue weighted by molar-refractivity contribution is 6.31. The summed E-state index contributed by atoms with van der Waals surface area (Å²) in [5.74, 6) is -0.641. The Bertz CT molecular complexity index is 444. The summed E-state index contributed by atoms with van der Waals surface area (Å²) in [6.07, 6.45) is 1.44. The normalized spacial score (nSPS) is 10.2. The van der Waals surface area contributed by atoms with E-state index in [1.807, 2.05) is 20.8 Å². The number of esters is 1. The van der Waals surface area contributed by atoms with Gasteiger partial charge in [0, 0.05) is 5.56 Å². The van der Waals surface area contributed by atoms with Crippen molar-refractivity contribution in [3.63, 3.8) is 0 Å². The van der Waals surface area contributed by atoms with Crippen LogP contribution < -0.4 is 0 Å². The van der Waals surface area contributed by atoms with Crippen molar-refractivity contribution in [2.24, 2.45) is 5.41 Å². The van der Waals surface area contributed by atoms with E-state index in [0.29, 0.717) is 11.8 Å². The topological polar surface area (TPSA) is 43.4 Å². The zero-order valence-corrected chi connectivity index (χ0v) is 12.3. The number of halogens is 2. The summed E-state index contributed by atoms with van der Waals surface area (Å²) in [5, 5.41) is -0.0235. The summed E-state index contributed by atoms with van der Waals surface area (Å²) >= 11 is 5.36. The lowest BCUT2D eigenvalue weighted by Crippen LogP contribution is -2.24. The first kappa shape index (κ1) is 17.6. The second-order valence-corrected chi connectivity index (χ2v) is 4.93. The summed E-state index contributed by atoms with van der Waals surface area (Å²) < 4.78 is 17.0. The molecule has 0 radical (unpaired) electrons. The van der Waals surface area contributed by atoms with E-state index in [4.69, 9.17) is 11.6 Å². The Morgan fingerprint density at radius 2 is 2.05 bits per heavy atom. The molecule has 0 aliphatic carbocycles. The Morgan fingerprint density at radius 3 is 2.37 bits per heavy atom. The third kappa shape index (κ3) is 5.83. The number of hydrogen-bond donors (Lipinski definition) is 0. The Hall–Kier alpha value is -1.42. The van der Waals surface area contributed by atoms with E-state index in [9.17, 15) is 14.0 Å². The van der Waals surface area contributed by atoms with Crippen LogP contribution in [0.25, 0.3) is 0 Å². The van der Waals surface area contributed by atoms with Gasteiger partial charge in [0.05, 0.1) is 17.5 Å². The van der Waals surface area contributed by atoms with E-state index in [0.717, 1.165) is 12.5 Å². The van der Waals surface area contributed by atoms with Crippen LogP contribution in [0.5, 0.6) is 0 Å². The summed E-state index contributed by atoms with van der Waals surface area (Å²) in [6.45, 7) is 5.72. The Morgan fingerprint density at radius 1 is 1.47 bits per heavy atom. The lowest BCUT2D eigenvalue weighted by atomic mass is 9.91. The van der Waals surface area contributed by atoms with Crippen molar-refractivity contribution in [2.45, 2.75) is 27.2 Å². The molecule has 1 rings (SSSR count). The molecular formula is C14H18ClFO3. The molecule has 0 saturated heterocycles. The molecule has 106 valence electrons. The monoisotopic (exact) mass is 288 g/mol. The van der Waals surface area contributed by atoms with Crippen LogP contribution >= 0.6 is 11.6 Å². The quantitative estimate of drug-likeness (QED) is 0.626. The molecule has 5 heteroatoms. The van der Waals surface area contributed by atoms with Gasteiger partial charge in [-0.3, -0.25) is 9.59 Å². The number of methoxy groups -OCH3 is 1. The number of carbonyl (C=O) groups is 2. The molecule has 0 atom stereocenters. The van der Waals surface area contributed by atoms with Crippen molar-refractivity contribution < 1.29 is 18.7 Å². The molecule has 3 nitrogen and oxygen atoms in total. The van der Waals surface area contributed by atoms with Gasteiger partial charge >= 0.3 is 5.97 Å². The summed E-state index contributed by atoms with van der Waals surface area (Å²) in [5.41, 5.74) is 0.0702. The molecule has 0 aromatic heterocycles. The number of ether oxygens (including phenoxy) is 1. The second-order valence-electron chi connectivity index (χ2n) is 4.52. The molecule has 1 aromatic carbocycles. The fourth-order valence-electron chi connectivity index (χ4n) is 1.01. The first-order valence-electron chi connectivity index (χ1n) is 5.77. The molecule has 1 aromatic rings. The Kier molecular flexibility index (Phi) is 7.30. The van der Waals surface area contributed by atoms with Gasteiger partial charge in [-0.25, -0.2) is 4.39 Å². The third-order valence-electron chi connectivity index (χ3n) is 2.70. The van der Waals surface area contributed by atoms with E-state index in [-0.39, 0.29) is 16.4 Å². The first-order chi connectivity index (χ1) is 8.78. The molecule has 0 N–H and O–H groups in total. The van der Waals surface area contributed by atoms with Gasteiger partial charge in [-0.1, -0.05) is 18.5 Å². The molecule has 0 spiro atoms. The molecule has 0 unspecified atom stereocenters. The molecule has 0 aliphatic heterocycles. The average molecular weight is 289 g/mol. The molecular weight excluding hydrogens is 271 g/mol. The standard InChI is InChI=1S/C7H4ClFO.C7H14O2/c8-6-3-5(4-10)1-2-7(6)9;1-5-7(2,3)6(8)9-4/h1-4H;5H2,1-4H3. The number of aldehydes is 1. The number of carbonyl (C=O) groups excluding carboxylic acids is 2. The Balaban J connectivity index is 0.000000344. The van der Waals surface area contributed by atoms with Crippen LogP contribution in [0, 0.1) is 11.2 Å². The maximum atomic E-state index is 12.4. The molecule has 0 heterocycles. The SMILES string of the molecule is CCC(C)(C)C(=O)OC.O=Cc1ccc(F)c(Cl)c1. The van der Waals surface area contributed by atoms with Crippen LogP contribution in [0.1, 0.15) is 37.6 Å².